The number of aryl methyl sites for hydroxylation is 1. The van der Waals surface area contributed by atoms with Gasteiger partial charge in [0.2, 0.25) is 5.91 Å². The minimum atomic E-state index is -0.908. The summed E-state index contributed by atoms with van der Waals surface area (Å²) < 4.78 is 15.9. The van der Waals surface area contributed by atoms with Crippen LogP contribution in [0.3, 0.4) is 0 Å². The third-order valence-corrected chi connectivity index (χ3v) is 9.33. The molecule has 1 saturated carbocycles. The normalized spacial score (nSPS) is 19.6. The van der Waals surface area contributed by atoms with Crippen molar-refractivity contribution >= 4 is 23.9 Å². The number of ether oxygens (including phenoxy) is 3. The van der Waals surface area contributed by atoms with Crippen molar-refractivity contribution < 1.29 is 59.2 Å². The maximum atomic E-state index is 12.7. The Balaban J connectivity index is 1.33. The SMILES string of the molecule is COc1cc(/C=C/COC(=O)CCCON(O)O)ccc1OC(=O)C(C)NC(=O)CCC/C=C\C[C@@H]1[C@@H](CC[C@@H](O)CCc2ccccc2)[C@H](O)C[C@@H]1O. The summed E-state index contributed by atoms with van der Waals surface area (Å²) in [4.78, 5) is 41.4. The summed E-state index contributed by atoms with van der Waals surface area (Å²) in [5.74, 6) is -1.16. The van der Waals surface area contributed by atoms with Gasteiger partial charge in [-0.05, 0) is 106 Å². The van der Waals surface area contributed by atoms with Gasteiger partial charge in [-0.15, -0.1) is 0 Å². The largest absolute Gasteiger partial charge is 0.493 e. The molecule has 14 heteroatoms. The third-order valence-electron chi connectivity index (χ3n) is 9.33. The van der Waals surface area contributed by atoms with Crippen molar-refractivity contribution in [1.82, 2.24) is 10.7 Å². The molecular formula is C40H56N2O12. The fourth-order valence-electron chi connectivity index (χ4n) is 6.37. The zero-order valence-electron chi connectivity index (χ0n) is 31.1. The van der Waals surface area contributed by atoms with Crippen molar-refractivity contribution in [2.75, 3.05) is 20.3 Å². The number of nitrogens with zero attached hydrogens (tertiary/aromatic N) is 1. The number of allylic oxidation sites excluding steroid dienone is 2. The molecule has 0 aromatic heterocycles. The van der Waals surface area contributed by atoms with E-state index in [4.69, 9.17) is 24.6 Å². The Labute approximate surface area is 316 Å². The third kappa shape index (κ3) is 16.5. The van der Waals surface area contributed by atoms with Gasteiger partial charge in [-0.2, -0.15) is 0 Å². The van der Waals surface area contributed by atoms with Crippen molar-refractivity contribution in [1.29, 1.82) is 0 Å². The molecule has 14 nitrogen and oxygen atoms in total. The lowest BCUT2D eigenvalue weighted by atomic mass is 9.85. The van der Waals surface area contributed by atoms with Gasteiger partial charge in [-0.25, -0.2) is 4.79 Å². The summed E-state index contributed by atoms with van der Waals surface area (Å²) in [5, 5.41) is 50.9. The molecule has 1 fully saturated rings. The van der Waals surface area contributed by atoms with Gasteiger partial charge in [0.25, 0.3) is 0 Å². The summed E-state index contributed by atoms with van der Waals surface area (Å²) >= 11 is 0. The van der Waals surface area contributed by atoms with Gasteiger partial charge in [0, 0.05) is 12.8 Å². The molecule has 1 aliphatic rings. The molecule has 2 aromatic rings. The van der Waals surface area contributed by atoms with E-state index in [0.717, 1.165) is 6.42 Å². The minimum Gasteiger partial charge on any atom is -0.493 e. The van der Waals surface area contributed by atoms with Crippen molar-refractivity contribution in [3.05, 3.63) is 77.9 Å². The fourth-order valence-corrected chi connectivity index (χ4v) is 6.37. The monoisotopic (exact) mass is 756 g/mol. The Bertz CT molecular complexity index is 1480. The number of amides is 1. The first kappa shape index (κ1) is 44.2. The topological polar surface area (TPSA) is 205 Å². The predicted molar refractivity (Wildman–Crippen MR) is 198 cm³/mol. The van der Waals surface area contributed by atoms with Crippen molar-refractivity contribution in [3.63, 3.8) is 0 Å². The van der Waals surface area contributed by atoms with Crippen LogP contribution in [0, 0.1) is 11.8 Å². The predicted octanol–water partition coefficient (Wildman–Crippen LogP) is 4.70. The molecule has 298 valence electrons. The second kappa shape index (κ2) is 24.3. The number of aliphatic hydroxyl groups is 3. The first-order chi connectivity index (χ1) is 26.0. The van der Waals surface area contributed by atoms with E-state index < -0.39 is 41.7 Å². The fraction of sp³-hybridized carbons (Fsp3) is 0.525. The van der Waals surface area contributed by atoms with Crippen LogP contribution >= 0.6 is 0 Å². The molecule has 0 bridgehead atoms. The number of esters is 2. The Hall–Kier alpha value is -4.15. The summed E-state index contributed by atoms with van der Waals surface area (Å²) in [6.45, 7) is 1.48. The van der Waals surface area contributed by atoms with Crippen molar-refractivity contribution in [2.45, 2.75) is 102 Å². The lowest BCUT2D eigenvalue weighted by Gasteiger charge is -2.23. The van der Waals surface area contributed by atoms with E-state index in [9.17, 15) is 29.7 Å². The average Bonchev–Trinajstić information content (AvgIpc) is 3.42. The number of benzene rings is 2. The summed E-state index contributed by atoms with van der Waals surface area (Å²) in [6, 6.07) is 14.0. The highest BCUT2D eigenvalue weighted by molar-refractivity contribution is 5.85. The number of rotatable bonds is 24. The Morgan fingerprint density at radius 1 is 0.944 bits per heavy atom. The molecular weight excluding hydrogens is 700 g/mol. The van der Waals surface area contributed by atoms with E-state index in [1.165, 1.54) is 19.6 Å². The van der Waals surface area contributed by atoms with Gasteiger partial charge in [0.05, 0.1) is 37.4 Å². The van der Waals surface area contributed by atoms with E-state index in [-0.39, 0.29) is 61.7 Å². The van der Waals surface area contributed by atoms with Gasteiger partial charge in [-0.1, -0.05) is 54.6 Å². The van der Waals surface area contributed by atoms with E-state index >= 15 is 0 Å². The lowest BCUT2D eigenvalue weighted by molar-refractivity contribution is -0.492. The molecule has 1 amide bonds. The van der Waals surface area contributed by atoms with Crippen LogP contribution in [0.15, 0.2) is 66.8 Å². The van der Waals surface area contributed by atoms with Crippen molar-refractivity contribution in [2.24, 2.45) is 11.8 Å². The van der Waals surface area contributed by atoms with E-state index in [0.29, 0.717) is 50.5 Å². The number of carbonyl (C=O) groups is 3. The molecule has 0 aliphatic heterocycles. The van der Waals surface area contributed by atoms with Crippen LogP contribution in [-0.4, -0.2) is 93.6 Å². The lowest BCUT2D eigenvalue weighted by Crippen LogP contribution is -2.40. The molecule has 0 heterocycles. The van der Waals surface area contributed by atoms with Gasteiger partial charge in [0.15, 0.2) is 11.5 Å². The maximum absolute atomic E-state index is 12.7. The first-order valence-corrected chi connectivity index (χ1v) is 18.5. The van der Waals surface area contributed by atoms with Crippen LogP contribution in [0.1, 0.15) is 82.3 Å². The number of hydrogen-bond donors (Lipinski definition) is 6. The van der Waals surface area contributed by atoms with Crippen LogP contribution in [0.2, 0.25) is 0 Å². The van der Waals surface area contributed by atoms with Gasteiger partial charge < -0.3 is 34.8 Å². The molecule has 6 atom stereocenters. The van der Waals surface area contributed by atoms with E-state index in [2.05, 4.69) is 10.2 Å². The molecule has 0 saturated heterocycles. The highest BCUT2D eigenvalue weighted by Crippen LogP contribution is 2.38. The average molecular weight is 757 g/mol. The van der Waals surface area contributed by atoms with Crippen molar-refractivity contribution in [3.8, 4) is 11.5 Å². The number of carbonyl (C=O) groups excluding carboxylic acids is 3. The van der Waals surface area contributed by atoms with Gasteiger partial charge in [0.1, 0.15) is 12.6 Å². The standard InChI is InChI=1S/C40H56N2O12/c1-28(40(48)54-36-23-19-30(26-37(36)51-2)14-10-24-52-39(47)17-11-25-53-42(49)50)41-38(46)16-9-4-3-8-15-32-33(35(45)27-34(32)44)22-21-31(43)20-18-29-12-6-5-7-13-29/h3,5-8,10,12-14,19,23,26,28,31-35,43-45,49-50H,4,9,11,15-18,20-22,24-25,27H2,1-2H3,(H,41,46)/b8-3-,14-10+/t28?,31-,32+,33+,34-,35+/m0/s1. The summed E-state index contributed by atoms with van der Waals surface area (Å²) in [7, 11) is 1.43. The molecule has 0 radical (unpaired) electrons. The van der Waals surface area contributed by atoms with Crippen LogP contribution in [-0.2, 0) is 30.4 Å². The highest BCUT2D eigenvalue weighted by Gasteiger charge is 2.40. The van der Waals surface area contributed by atoms with Gasteiger partial charge >= 0.3 is 11.9 Å². The smallest absolute Gasteiger partial charge is 0.333 e. The molecule has 54 heavy (non-hydrogen) atoms. The van der Waals surface area contributed by atoms with Gasteiger partial charge in [-0.3, -0.25) is 24.8 Å². The summed E-state index contributed by atoms with van der Waals surface area (Å²) in [5.41, 5.74) is 1.87. The Morgan fingerprint density at radius 3 is 2.44 bits per heavy atom. The molecule has 2 aromatic carbocycles. The second-order valence-electron chi connectivity index (χ2n) is 13.4. The second-order valence-corrected chi connectivity index (χ2v) is 13.4. The molecule has 0 spiro atoms. The number of methoxy groups -OCH3 is 1. The first-order valence-electron chi connectivity index (χ1n) is 18.5. The Morgan fingerprint density at radius 2 is 1.70 bits per heavy atom. The quantitative estimate of drug-likeness (QED) is 0.0283. The van der Waals surface area contributed by atoms with Crippen LogP contribution in [0.5, 0.6) is 11.5 Å². The molecule has 6 N–H and O–H groups in total. The molecule has 1 unspecified atom stereocenters. The van der Waals surface area contributed by atoms with E-state index in [1.54, 1.807) is 30.4 Å². The number of aliphatic hydroxyl groups excluding tert-OH is 3. The number of unbranched alkanes of at least 4 members (excludes halogenated alkanes) is 1. The highest BCUT2D eigenvalue weighted by atomic mass is 17.1. The molecule has 3 rings (SSSR count). The summed E-state index contributed by atoms with van der Waals surface area (Å²) in [6.07, 6.45) is 10.9. The Kier molecular flexibility index (Phi) is 19.9. The maximum Gasteiger partial charge on any atom is 0.333 e. The zero-order valence-corrected chi connectivity index (χ0v) is 31.1. The van der Waals surface area contributed by atoms with Crippen LogP contribution < -0.4 is 14.8 Å². The molecule has 1 aliphatic carbocycles. The van der Waals surface area contributed by atoms with E-state index in [1.807, 2.05) is 42.5 Å². The van der Waals surface area contributed by atoms with Crippen LogP contribution in [0.4, 0.5) is 0 Å². The number of hydrogen-bond acceptors (Lipinski definition) is 13. The van der Waals surface area contributed by atoms with Crippen LogP contribution in [0.25, 0.3) is 6.08 Å². The number of nitrogens with one attached hydrogen (secondary N) is 1. The minimum absolute atomic E-state index is 0.0112. The zero-order chi connectivity index (χ0) is 39.3.